The summed E-state index contributed by atoms with van der Waals surface area (Å²) < 4.78 is 26.7. The number of hydrogen-bond acceptors (Lipinski definition) is 4. The van der Waals surface area contributed by atoms with Gasteiger partial charge in [0.1, 0.15) is 12.6 Å². The number of amides is 2. The molecule has 0 radical (unpaired) electrons. The van der Waals surface area contributed by atoms with E-state index in [1.807, 2.05) is 63.2 Å². The Bertz CT molecular complexity index is 1130. The Morgan fingerprint density at radius 1 is 0.946 bits per heavy atom. The molecule has 0 heterocycles. The van der Waals surface area contributed by atoms with Crippen LogP contribution in [-0.2, 0) is 31.4 Å². The van der Waals surface area contributed by atoms with Crippen LogP contribution in [0.3, 0.4) is 0 Å². The first-order valence-electron chi connectivity index (χ1n) is 13.0. The van der Waals surface area contributed by atoms with E-state index in [4.69, 9.17) is 0 Å². The molecule has 0 aliphatic carbocycles. The third-order valence-corrected chi connectivity index (χ3v) is 7.71. The SMILES string of the molecule is CC[C@@H](C)NC(=O)[C@H](CC)N(CCc1ccccc1)C(=O)CN(c1ccc(C(C)(C)C)cc1)S(C)(=O)=O. The lowest BCUT2D eigenvalue weighted by molar-refractivity contribution is -0.139. The van der Waals surface area contributed by atoms with Crippen LogP contribution in [0.15, 0.2) is 54.6 Å². The van der Waals surface area contributed by atoms with Gasteiger partial charge in [0.2, 0.25) is 21.8 Å². The Hall–Kier alpha value is -2.87. The van der Waals surface area contributed by atoms with Crippen molar-refractivity contribution < 1.29 is 18.0 Å². The first kappa shape index (κ1) is 30.4. The first-order valence-corrected chi connectivity index (χ1v) is 14.8. The van der Waals surface area contributed by atoms with Gasteiger partial charge in [0.15, 0.2) is 0 Å². The van der Waals surface area contributed by atoms with Crippen molar-refractivity contribution in [1.29, 1.82) is 0 Å². The molecule has 37 heavy (non-hydrogen) atoms. The van der Waals surface area contributed by atoms with Crippen molar-refractivity contribution in [2.75, 3.05) is 23.7 Å². The lowest BCUT2D eigenvalue weighted by Gasteiger charge is -2.33. The van der Waals surface area contributed by atoms with E-state index in [9.17, 15) is 18.0 Å². The van der Waals surface area contributed by atoms with Gasteiger partial charge < -0.3 is 10.2 Å². The molecule has 0 aliphatic rings. The molecular weight excluding hydrogens is 486 g/mol. The summed E-state index contributed by atoms with van der Waals surface area (Å²) in [4.78, 5) is 28.4. The van der Waals surface area contributed by atoms with Gasteiger partial charge in [0.05, 0.1) is 11.9 Å². The molecule has 204 valence electrons. The monoisotopic (exact) mass is 529 g/mol. The van der Waals surface area contributed by atoms with Gasteiger partial charge in [0, 0.05) is 12.6 Å². The van der Waals surface area contributed by atoms with Gasteiger partial charge in [-0.25, -0.2) is 8.42 Å². The summed E-state index contributed by atoms with van der Waals surface area (Å²) in [5, 5.41) is 2.98. The highest BCUT2D eigenvalue weighted by Crippen LogP contribution is 2.26. The smallest absolute Gasteiger partial charge is 0.244 e. The van der Waals surface area contributed by atoms with Crippen LogP contribution in [0, 0.1) is 0 Å². The van der Waals surface area contributed by atoms with E-state index >= 15 is 0 Å². The summed E-state index contributed by atoms with van der Waals surface area (Å²) in [5.41, 5.74) is 2.43. The van der Waals surface area contributed by atoms with Gasteiger partial charge in [-0.15, -0.1) is 0 Å². The molecule has 0 spiro atoms. The Labute approximate surface area is 223 Å². The van der Waals surface area contributed by atoms with E-state index in [0.717, 1.165) is 28.1 Å². The van der Waals surface area contributed by atoms with Crippen LogP contribution in [0.25, 0.3) is 0 Å². The molecule has 0 bridgehead atoms. The maximum Gasteiger partial charge on any atom is 0.244 e. The molecule has 8 heteroatoms. The third-order valence-electron chi connectivity index (χ3n) is 6.57. The predicted octanol–water partition coefficient (Wildman–Crippen LogP) is 4.51. The van der Waals surface area contributed by atoms with Gasteiger partial charge in [-0.05, 0) is 54.9 Å². The number of benzene rings is 2. The third kappa shape index (κ3) is 8.88. The van der Waals surface area contributed by atoms with E-state index < -0.39 is 22.0 Å². The Morgan fingerprint density at radius 2 is 1.54 bits per heavy atom. The van der Waals surface area contributed by atoms with Crippen LogP contribution in [0.4, 0.5) is 5.69 Å². The molecule has 0 aliphatic heterocycles. The van der Waals surface area contributed by atoms with E-state index in [1.165, 1.54) is 4.90 Å². The number of carbonyl (C=O) groups is 2. The van der Waals surface area contributed by atoms with E-state index in [-0.39, 0.29) is 23.9 Å². The summed E-state index contributed by atoms with van der Waals surface area (Å²) in [6.45, 7) is 11.9. The highest BCUT2D eigenvalue weighted by molar-refractivity contribution is 7.92. The minimum atomic E-state index is -3.75. The van der Waals surface area contributed by atoms with Crippen LogP contribution in [0.5, 0.6) is 0 Å². The van der Waals surface area contributed by atoms with Crippen LogP contribution in [0.2, 0.25) is 0 Å². The largest absolute Gasteiger partial charge is 0.352 e. The van der Waals surface area contributed by atoms with Gasteiger partial charge in [-0.2, -0.15) is 0 Å². The van der Waals surface area contributed by atoms with Crippen molar-refractivity contribution in [2.24, 2.45) is 0 Å². The van der Waals surface area contributed by atoms with E-state index in [0.29, 0.717) is 25.1 Å². The van der Waals surface area contributed by atoms with E-state index in [1.54, 1.807) is 12.1 Å². The minimum Gasteiger partial charge on any atom is -0.352 e. The lowest BCUT2D eigenvalue weighted by atomic mass is 9.87. The summed E-state index contributed by atoms with van der Waals surface area (Å²) in [6, 6.07) is 16.3. The molecule has 2 aromatic rings. The van der Waals surface area contributed by atoms with Crippen LogP contribution in [-0.4, -0.2) is 56.6 Å². The topological polar surface area (TPSA) is 86.8 Å². The van der Waals surface area contributed by atoms with Crippen molar-refractivity contribution in [3.63, 3.8) is 0 Å². The fourth-order valence-electron chi connectivity index (χ4n) is 4.08. The highest BCUT2D eigenvalue weighted by Gasteiger charge is 2.32. The number of sulfonamides is 1. The fraction of sp³-hybridized carbons (Fsp3) is 0.517. The zero-order chi connectivity index (χ0) is 27.8. The van der Waals surface area contributed by atoms with Crippen LogP contribution >= 0.6 is 0 Å². The second-order valence-electron chi connectivity index (χ2n) is 10.6. The zero-order valence-electron chi connectivity index (χ0n) is 23.3. The standard InChI is InChI=1S/C29H43N3O4S/c1-8-22(3)30-28(34)26(9-2)31(20-19-23-13-11-10-12-14-23)27(33)21-32(37(7,35)36)25-17-15-24(16-18-25)29(4,5)6/h10-18,22,26H,8-9,19-21H2,1-7H3,(H,30,34)/t22-,26+/m1/s1. The maximum absolute atomic E-state index is 13.7. The van der Waals surface area contributed by atoms with Crippen molar-refractivity contribution in [1.82, 2.24) is 10.2 Å². The second-order valence-corrected chi connectivity index (χ2v) is 12.5. The molecule has 7 nitrogen and oxygen atoms in total. The Kier molecular flexibility index (Phi) is 10.7. The molecule has 0 unspecified atom stereocenters. The number of carbonyl (C=O) groups excluding carboxylic acids is 2. The second kappa shape index (κ2) is 13.1. The van der Waals surface area contributed by atoms with Crippen LogP contribution < -0.4 is 9.62 Å². The first-order chi connectivity index (χ1) is 17.3. The van der Waals surface area contributed by atoms with Crippen molar-refractivity contribution in [3.05, 3.63) is 65.7 Å². The molecule has 2 amide bonds. The van der Waals surface area contributed by atoms with Crippen molar-refractivity contribution in [3.8, 4) is 0 Å². The molecule has 2 rings (SSSR count). The minimum absolute atomic E-state index is 0.0264. The molecule has 0 saturated carbocycles. The Balaban J connectivity index is 2.38. The molecule has 0 saturated heterocycles. The molecule has 0 fully saturated rings. The van der Waals surface area contributed by atoms with Gasteiger partial charge in [-0.1, -0.05) is 77.1 Å². The molecular formula is C29H43N3O4S. The molecule has 2 aromatic carbocycles. The predicted molar refractivity (Wildman–Crippen MR) is 151 cm³/mol. The summed E-state index contributed by atoms with van der Waals surface area (Å²) >= 11 is 0. The molecule has 2 atom stereocenters. The average Bonchev–Trinajstić information content (AvgIpc) is 2.84. The summed E-state index contributed by atoms with van der Waals surface area (Å²) in [5.74, 6) is -0.633. The number of hydrogen-bond donors (Lipinski definition) is 1. The summed E-state index contributed by atoms with van der Waals surface area (Å²) in [7, 11) is -3.75. The molecule has 0 aromatic heterocycles. The zero-order valence-corrected chi connectivity index (χ0v) is 24.1. The number of rotatable bonds is 12. The van der Waals surface area contributed by atoms with Gasteiger partial charge >= 0.3 is 0 Å². The quantitative estimate of drug-likeness (QED) is 0.438. The Morgan fingerprint density at radius 3 is 2.03 bits per heavy atom. The number of anilines is 1. The maximum atomic E-state index is 13.7. The molecule has 1 N–H and O–H groups in total. The normalized spacial score (nSPS) is 13.5. The number of nitrogens with one attached hydrogen (secondary N) is 1. The average molecular weight is 530 g/mol. The van der Waals surface area contributed by atoms with Crippen molar-refractivity contribution in [2.45, 2.75) is 78.3 Å². The van der Waals surface area contributed by atoms with Gasteiger partial charge in [0.25, 0.3) is 0 Å². The summed E-state index contributed by atoms with van der Waals surface area (Å²) in [6.07, 6.45) is 2.84. The van der Waals surface area contributed by atoms with E-state index in [2.05, 4.69) is 26.1 Å². The number of nitrogens with zero attached hydrogens (tertiary/aromatic N) is 2. The van der Waals surface area contributed by atoms with Gasteiger partial charge in [-0.3, -0.25) is 13.9 Å². The van der Waals surface area contributed by atoms with Crippen LogP contribution in [0.1, 0.15) is 65.5 Å². The highest BCUT2D eigenvalue weighted by atomic mass is 32.2. The lowest BCUT2D eigenvalue weighted by Crippen LogP contribution is -2.54. The van der Waals surface area contributed by atoms with Crippen molar-refractivity contribution >= 4 is 27.5 Å². The fourth-order valence-corrected chi connectivity index (χ4v) is 4.93.